The SMILES string of the molecule is Cc1sc(C(N)=O)c([C@@H](CN)c2ccccc2)c1-c1ccnn1C. The number of hydrogen-bond acceptors (Lipinski definition) is 4. The third-order valence-electron chi connectivity index (χ3n) is 4.21. The predicted octanol–water partition coefficient (Wildman–Crippen LogP) is 2.65. The molecule has 0 aliphatic carbocycles. The van der Waals surface area contributed by atoms with Crippen molar-refractivity contribution in [3.8, 4) is 11.3 Å². The Bertz CT molecular complexity index is 867. The molecule has 124 valence electrons. The Morgan fingerprint density at radius 3 is 2.54 bits per heavy atom. The molecule has 4 N–H and O–H groups in total. The predicted molar refractivity (Wildman–Crippen MR) is 97.1 cm³/mol. The number of rotatable bonds is 5. The van der Waals surface area contributed by atoms with Gasteiger partial charge in [0, 0.05) is 36.1 Å². The normalized spacial score (nSPS) is 12.3. The van der Waals surface area contributed by atoms with Gasteiger partial charge in [-0.05, 0) is 24.1 Å². The van der Waals surface area contributed by atoms with Gasteiger partial charge < -0.3 is 11.5 Å². The van der Waals surface area contributed by atoms with E-state index in [1.54, 1.807) is 6.20 Å². The number of carbonyl (C=O) groups excluding carboxylic acids is 1. The summed E-state index contributed by atoms with van der Waals surface area (Å²) < 4.78 is 1.81. The number of primary amides is 1. The first kappa shape index (κ1) is 16.4. The van der Waals surface area contributed by atoms with Crippen LogP contribution in [0.1, 0.15) is 31.6 Å². The molecular weight excluding hydrogens is 320 g/mol. The summed E-state index contributed by atoms with van der Waals surface area (Å²) in [6.07, 6.45) is 1.75. The number of thiophene rings is 1. The van der Waals surface area contributed by atoms with Crippen LogP contribution in [0.25, 0.3) is 11.3 Å². The lowest BCUT2D eigenvalue weighted by Gasteiger charge is -2.18. The van der Waals surface area contributed by atoms with Gasteiger partial charge in [0.25, 0.3) is 5.91 Å². The van der Waals surface area contributed by atoms with E-state index in [9.17, 15) is 4.79 Å². The fourth-order valence-corrected chi connectivity index (χ4v) is 4.20. The van der Waals surface area contributed by atoms with Gasteiger partial charge in [-0.2, -0.15) is 5.10 Å². The monoisotopic (exact) mass is 340 g/mol. The highest BCUT2D eigenvalue weighted by Crippen LogP contribution is 2.42. The van der Waals surface area contributed by atoms with Crippen molar-refractivity contribution in [2.45, 2.75) is 12.8 Å². The summed E-state index contributed by atoms with van der Waals surface area (Å²) in [6, 6.07) is 11.9. The lowest BCUT2D eigenvalue weighted by Crippen LogP contribution is -2.19. The number of nitrogens with two attached hydrogens (primary N) is 2. The molecular formula is C18H20N4OS. The second-order valence-electron chi connectivity index (χ2n) is 5.68. The zero-order valence-electron chi connectivity index (χ0n) is 13.7. The van der Waals surface area contributed by atoms with Gasteiger partial charge in [-0.15, -0.1) is 11.3 Å². The van der Waals surface area contributed by atoms with E-state index in [2.05, 4.69) is 5.10 Å². The fraction of sp³-hybridized carbons (Fsp3) is 0.222. The summed E-state index contributed by atoms with van der Waals surface area (Å²) in [5.74, 6) is -0.510. The van der Waals surface area contributed by atoms with Gasteiger partial charge in [0.1, 0.15) is 0 Å². The van der Waals surface area contributed by atoms with Gasteiger partial charge in [0.2, 0.25) is 0 Å². The average molecular weight is 340 g/mol. The molecule has 1 aromatic carbocycles. The molecule has 3 rings (SSSR count). The van der Waals surface area contributed by atoms with Gasteiger partial charge >= 0.3 is 0 Å². The van der Waals surface area contributed by atoms with Crippen LogP contribution >= 0.6 is 11.3 Å². The Hall–Kier alpha value is -2.44. The smallest absolute Gasteiger partial charge is 0.259 e. The van der Waals surface area contributed by atoms with Crippen LogP contribution in [-0.2, 0) is 7.05 Å². The van der Waals surface area contributed by atoms with Crippen molar-refractivity contribution in [3.63, 3.8) is 0 Å². The highest BCUT2D eigenvalue weighted by atomic mass is 32.1. The minimum atomic E-state index is -0.416. The van der Waals surface area contributed by atoms with Crippen LogP contribution in [0.15, 0.2) is 42.6 Å². The van der Waals surface area contributed by atoms with E-state index in [0.29, 0.717) is 11.4 Å². The maximum atomic E-state index is 12.1. The number of benzene rings is 1. The van der Waals surface area contributed by atoms with Crippen LogP contribution in [0.3, 0.4) is 0 Å². The topological polar surface area (TPSA) is 86.9 Å². The van der Waals surface area contributed by atoms with E-state index in [-0.39, 0.29) is 5.92 Å². The maximum Gasteiger partial charge on any atom is 0.259 e. The highest BCUT2D eigenvalue weighted by Gasteiger charge is 2.28. The van der Waals surface area contributed by atoms with Gasteiger partial charge in [0.05, 0.1) is 10.6 Å². The third-order valence-corrected chi connectivity index (χ3v) is 5.34. The number of aryl methyl sites for hydroxylation is 2. The number of aromatic nitrogens is 2. The molecule has 5 nitrogen and oxygen atoms in total. The van der Waals surface area contributed by atoms with E-state index >= 15 is 0 Å². The van der Waals surface area contributed by atoms with Gasteiger partial charge in [-0.3, -0.25) is 9.48 Å². The molecule has 0 aliphatic rings. The second-order valence-corrected chi connectivity index (χ2v) is 6.90. The van der Waals surface area contributed by atoms with Crippen LogP contribution in [0.5, 0.6) is 0 Å². The highest BCUT2D eigenvalue weighted by molar-refractivity contribution is 7.14. The zero-order chi connectivity index (χ0) is 17.3. The summed E-state index contributed by atoms with van der Waals surface area (Å²) in [5.41, 5.74) is 15.7. The van der Waals surface area contributed by atoms with Crippen LogP contribution in [0, 0.1) is 6.92 Å². The Morgan fingerprint density at radius 2 is 2.00 bits per heavy atom. The Balaban J connectivity index is 2.29. The third kappa shape index (κ3) is 2.74. The molecule has 0 aliphatic heterocycles. The molecule has 0 fully saturated rings. The van der Waals surface area contributed by atoms with E-state index in [0.717, 1.165) is 27.3 Å². The Labute approximate surface area is 144 Å². The first-order valence-electron chi connectivity index (χ1n) is 7.71. The number of hydrogen-bond donors (Lipinski definition) is 2. The van der Waals surface area contributed by atoms with Crippen LogP contribution in [0.2, 0.25) is 0 Å². The summed E-state index contributed by atoms with van der Waals surface area (Å²) in [7, 11) is 1.89. The van der Waals surface area contributed by atoms with Gasteiger partial charge in [-0.1, -0.05) is 30.3 Å². The molecule has 1 atom stereocenters. The number of amides is 1. The van der Waals surface area contributed by atoms with E-state index < -0.39 is 5.91 Å². The summed E-state index contributed by atoms with van der Waals surface area (Å²) >= 11 is 1.42. The molecule has 0 unspecified atom stereocenters. The van der Waals surface area contributed by atoms with Gasteiger partial charge in [0.15, 0.2) is 0 Å². The van der Waals surface area contributed by atoms with Crippen molar-refractivity contribution < 1.29 is 4.79 Å². The average Bonchev–Trinajstić information content (AvgIpc) is 3.13. The Kier molecular flexibility index (Phi) is 4.51. The molecule has 0 bridgehead atoms. The second kappa shape index (κ2) is 6.59. The molecule has 0 saturated carbocycles. The fourth-order valence-electron chi connectivity index (χ4n) is 3.12. The first-order chi connectivity index (χ1) is 11.5. The van der Waals surface area contributed by atoms with E-state index in [4.69, 9.17) is 11.5 Å². The van der Waals surface area contributed by atoms with E-state index in [1.165, 1.54) is 11.3 Å². The minimum Gasteiger partial charge on any atom is -0.365 e. The molecule has 2 heterocycles. The molecule has 6 heteroatoms. The molecule has 24 heavy (non-hydrogen) atoms. The standard InChI is InChI=1S/C18H20N4OS/c1-11-15(14-8-9-21-22(14)2)16(17(24-11)18(20)23)13(10-19)12-6-4-3-5-7-12/h3-9,13H,10,19H2,1-2H3,(H2,20,23)/t13-/m0/s1. The molecule has 0 spiro atoms. The van der Waals surface area contributed by atoms with Crippen molar-refractivity contribution in [2.24, 2.45) is 18.5 Å². The maximum absolute atomic E-state index is 12.1. The minimum absolute atomic E-state index is 0.0939. The van der Waals surface area contributed by atoms with Crippen LogP contribution < -0.4 is 11.5 Å². The van der Waals surface area contributed by atoms with Crippen molar-refractivity contribution >= 4 is 17.2 Å². The Morgan fingerprint density at radius 1 is 1.29 bits per heavy atom. The van der Waals surface area contributed by atoms with Gasteiger partial charge in [-0.25, -0.2) is 0 Å². The van der Waals surface area contributed by atoms with Crippen LogP contribution in [0.4, 0.5) is 0 Å². The first-order valence-corrected chi connectivity index (χ1v) is 8.52. The lowest BCUT2D eigenvalue weighted by molar-refractivity contribution is 0.100. The van der Waals surface area contributed by atoms with E-state index in [1.807, 2.05) is 55.1 Å². The largest absolute Gasteiger partial charge is 0.365 e. The quantitative estimate of drug-likeness (QED) is 0.748. The number of carbonyl (C=O) groups is 1. The van der Waals surface area contributed by atoms with Crippen molar-refractivity contribution in [1.82, 2.24) is 9.78 Å². The summed E-state index contributed by atoms with van der Waals surface area (Å²) in [6.45, 7) is 2.40. The molecule has 2 aromatic heterocycles. The van der Waals surface area contributed by atoms with Crippen LogP contribution in [-0.4, -0.2) is 22.2 Å². The van der Waals surface area contributed by atoms with Crippen molar-refractivity contribution in [2.75, 3.05) is 6.54 Å². The molecule has 0 radical (unpaired) electrons. The van der Waals surface area contributed by atoms with Crippen molar-refractivity contribution in [3.05, 3.63) is 63.5 Å². The summed E-state index contributed by atoms with van der Waals surface area (Å²) in [5, 5.41) is 4.26. The zero-order valence-corrected chi connectivity index (χ0v) is 14.5. The number of nitrogens with zero attached hydrogens (tertiary/aromatic N) is 2. The molecule has 1 amide bonds. The molecule has 3 aromatic rings. The lowest BCUT2D eigenvalue weighted by atomic mass is 9.87. The molecule has 0 saturated heterocycles. The summed E-state index contributed by atoms with van der Waals surface area (Å²) in [4.78, 5) is 13.7. The van der Waals surface area contributed by atoms with Crippen molar-refractivity contribution in [1.29, 1.82) is 0 Å².